The summed E-state index contributed by atoms with van der Waals surface area (Å²) in [5, 5.41) is 3.62. The van der Waals surface area contributed by atoms with Crippen molar-refractivity contribution in [1.29, 1.82) is 0 Å². The molecule has 0 aliphatic heterocycles. The summed E-state index contributed by atoms with van der Waals surface area (Å²) in [4.78, 5) is 0. The Morgan fingerprint density at radius 1 is 0.355 bits per heavy atom. The van der Waals surface area contributed by atoms with Gasteiger partial charge < -0.3 is 5.32 Å². The predicted molar refractivity (Wildman–Crippen MR) is 151 cm³/mol. The van der Waals surface area contributed by atoms with Crippen molar-refractivity contribution >= 4 is 23.5 Å². The van der Waals surface area contributed by atoms with Gasteiger partial charge in [-0.1, -0.05) is 129 Å². The molecule has 0 aliphatic carbocycles. The van der Waals surface area contributed by atoms with Gasteiger partial charge in [0.1, 0.15) is 0 Å². The highest BCUT2D eigenvalue weighted by atomic mass is 32.2. The number of nitrogens with one attached hydrogen (secondary N) is 1. The van der Waals surface area contributed by atoms with Gasteiger partial charge in [-0.25, -0.2) is 0 Å². The first-order valence-electron chi connectivity index (χ1n) is 14.3. The van der Waals surface area contributed by atoms with Crippen LogP contribution in [0.4, 0.5) is 0 Å². The van der Waals surface area contributed by atoms with Crippen molar-refractivity contribution < 1.29 is 0 Å². The van der Waals surface area contributed by atoms with Gasteiger partial charge in [0, 0.05) is 24.6 Å². The molecule has 0 bridgehead atoms. The Morgan fingerprint density at radius 2 is 0.645 bits per heavy atom. The molecule has 0 amide bonds. The maximum Gasteiger partial charge on any atom is 0.00581 e. The Kier molecular flexibility index (Phi) is 31.3. The Morgan fingerprint density at radius 3 is 0.968 bits per heavy atom. The molecule has 31 heavy (non-hydrogen) atoms. The molecule has 1 nitrogen and oxygen atoms in total. The van der Waals surface area contributed by atoms with Crippen molar-refractivity contribution in [1.82, 2.24) is 5.32 Å². The largest absolute Gasteiger partial charge is 0.315 e. The number of unbranched alkanes of at least 4 members (excludes halogenated alkanes) is 18. The van der Waals surface area contributed by atoms with Crippen LogP contribution in [-0.4, -0.2) is 36.1 Å². The average Bonchev–Trinajstić information content (AvgIpc) is 2.78. The molecule has 0 heterocycles. The quantitative estimate of drug-likeness (QED) is 0.113. The highest BCUT2D eigenvalue weighted by Gasteiger charge is 1.96. The van der Waals surface area contributed by atoms with E-state index < -0.39 is 0 Å². The summed E-state index contributed by atoms with van der Waals surface area (Å²) in [7, 11) is 0. The fourth-order valence-electron chi connectivity index (χ4n) is 4.00. The van der Waals surface area contributed by atoms with Crippen LogP contribution in [0.3, 0.4) is 0 Å². The van der Waals surface area contributed by atoms with E-state index in [2.05, 4.69) is 42.7 Å². The summed E-state index contributed by atoms with van der Waals surface area (Å²) in [6.45, 7) is 6.99. The maximum atomic E-state index is 3.62. The standard InChI is InChI=1S/C28H59NS2/c1-3-5-7-9-11-13-15-17-19-21-25-30-27-23-29-24-28-31-26-22-20-18-16-14-12-10-8-6-4-2/h29H,3-28H2,1-2H3. The fraction of sp³-hybridized carbons (Fsp3) is 1.00. The molecule has 0 saturated heterocycles. The molecule has 1 N–H and O–H groups in total. The second-order valence-corrected chi connectivity index (χ2v) is 11.8. The Bertz CT molecular complexity index is 271. The molecule has 0 aliphatic rings. The third kappa shape index (κ3) is 30.7. The molecule has 0 saturated carbocycles. The van der Waals surface area contributed by atoms with Crippen molar-refractivity contribution in [3.8, 4) is 0 Å². The molecule has 0 aromatic heterocycles. The molecule has 0 spiro atoms. The Labute approximate surface area is 206 Å². The van der Waals surface area contributed by atoms with E-state index in [0.29, 0.717) is 0 Å². The predicted octanol–water partition coefficient (Wildman–Crippen LogP) is 9.88. The summed E-state index contributed by atoms with van der Waals surface area (Å²) >= 11 is 4.30. The molecular weight excluding hydrogens is 414 g/mol. The van der Waals surface area contributed by atoms with Crippen LogP contribution < -0.4 is 5.32 Å². The molecule has 0 aromatic carbocycles. The zero-order chi connectivity index (χ0) is 22.5. The van der Waals surface area contributed by atoms with E-state index in [1.807, 2.05) is 0 Å². The Balaban J connectivity index is 2.98. The van der Waals surface area contributed by atoms with Crippen LogP contribution in [0.5, 0.6) is 0 Å². The molecule has 0 rings (SSSR count). The molecule has 0 aromatic rings. The van der Waals surface area contributed by atoms with E-state index in [-0.39, 0.29) is 0 Å². The molecule has 0 radical (unpaired) electrons. The van der Waals surface area contributed by atoms with Crippen LogP contribution >= 0.6 is 23.5 Å². The third-order valence-electron chi connectivity index (χ3n) is 6.13. The number of hydrogen-bond acceptors (Lipinski definition) is 3. The third-order valence-corrected chi connectivity index (χ3v) is 8.27. The summed E-state index contributed by atoms with van der Waals surface area (Å²) in [6.07, 6.45) is 28.9. The molecule has 0 fully saturated rings. The van der Waals surface area contributed by atoms with Crippen LogP contribution in [0.15, 0.2) is 0 Å². The van der Waals surface area contributed by atoms with Gasteiger partial charge in [0.15, 0.2) is 0 Å². The minimum atomic E-state index is 1.20. The monoisotopic (exact) mass is 473 g/mol. The van der Waals surface area contributed by atoms with Crippen molar-refractivity contribution in [2.75, 3.05) is 36.1 Å². The smallest absolute Gasteiger partial charge is 0.00581 e. The van der Waals surface area contributed by atoms with E-state index in [1.54, 1.807) is 0 Å². The van der Waals surface area contributed by atoms with Crippen molar-refractivity contribution in [3.05, 3.63) is 0 Å². The zero-order valence-corrected chi connectivity index (χ0v) is 23.3. The van der Waals surface area contributed by atoms with Gasteiger partial charge in [0.05, 0.1) is 0 Å². The number of hydrogen-bond donors (Lipinski definition) is 1. The average molecular weight is 474 g/mol. The van der Waals surface area contributed by atoms with Crippen LogP contribution in [0, 0.1) is 0 Å². The highest BCUT2D eigenvalue weighted by Crippen LogP contribution is 2.13. The lowest BCUT2D eigenvalue weighted by atomic mass is 10.1. The van der Waals surface area contributed by atoms with Gasteiger partial charge in [0.25, 0.3) is 0 Å². The second-order valence-electron chi connectivity index (χ2n) is 9.34. The van der Waals surface area contributed by atoms with Crippen LogP contribution in [-0.2, 0) is 0 Å². The van der Waals surface area contributed by atoms with Gasteiger partial charge in [0.2, 0.25) is 0 Å². The van der Waals surface area contributed by atoms with Gasteiger partial charge in [-0.3, -0.25) is 0 Å². The van der Waals surface area contributed by atoms with E-state index in [0.717, 1.165) is 0 Å². The van der Waals surface area contributed by atoms with Crippen molar-refractivity contribution in [3.63, 3.8) is 0 Å². The molecular formula is C28H59NS2. The topological polar surface area (TPSA) is 12.0 Å². The lowest BCUT2D eigenvalue weighted by Crippen LogP contribution is -2.20. The minimum absolute atomic E-state index is 1.20. The van der Waals surface area contributed by atoms with Gasteiger partial charge in [-0.15, -0.1) is 0 Å². The second kappa shape index (κ2) is 30.7. The van der Waals surface area contributed by atoms with E-state index in [4.69, 9.17) is 0 Å². The molecule has 0 atom stereocenters. The molecule has 0 unspecified atom stereocenters. The normalized spacial score (nSPS) is 11.4. The van der Waals surface area contributed by atoms with Gasteiger partial charge >= 0.3 is 0 Å². The first-order chi connectivity index (χ1) is 15.4. The summed E-state index contributed by atoms with van der Waals surface area (Å²) in [5.74, 6) is 5.32. The molecule has 188 valence electrons. The van der Waals surface area contributed by atoms with E-state index in [9.17, 15) is 0 Å². The van der Waals surface area contributed by atoms with Gasteiger partial charge in [-0.2, -0.15) is 23.5 Å². The number of rotatable bonds is 28. The first-order valence-corrected chi connectivity index (χ1v) is 16.6. The van der Waals surface area contributed by atoms with E-state index >= 15 is 0 Å². The van der Waals surface area contributed by atoms with E-state index in [1.165, 1.54) is 165 Å². The number of thioether (sulfide) groups is 2. The summed E-state index contributed by atoms with van der Waals surface area (Å²) in [5.41, 5.74) is 0. The molecule has 3 heteroatoms. The maximum absolute atomic E-state index is 3.62. The Hall–Kier alpha value is 0.660. The highest BCUT2D eigenvalue weighted by molar-refractivity contribution is 7.99. The minimum Gasteiger partial charge on any atom is -0.315 e. The van der Waals surface area contributed by atoms with Crippen LogP contribution in [0.25, 0.3) is 0 Å². The van der Waals surface area contributed by atoms with Crippen molar-refractivity contribution in [2.24, 2.45) is 0 Å². The first kappa shape index (κ1) is 31.7. The SMILES string of the molecule is CCCCCCCCCCCCSCCNCCSCCCCCCCCCCCC. The fourth-order valence-corrected chi connectivity index (χ4v) is 5.80. The lowest BCUT2D eigenvalue weighted by molar-refractivity contribution is 0.563. The lowest BCUT2D eigenvalue weighted by Gasteiger charge is -2.06. The van der Waals surface area contributed by atoms with Crippen LogP contribution in [0.1, 0.15) is 142 Å². The zero-order valence-electron chi connectivity index (χ0n) is 21.7. The van der Waals surface area contributed by atoms with Crippen molar-refractivity contribution in [2.45, 2.75) is 142 Å². The van der Waals surface area contributed by atoms with Gasteiger partial charge in [-0.05, 0) is 24.3 Å². The van der Waals surface area contributed by atoms with Crippen LogP contribution in [0.2, 0.25) is 0 Å². The summed E-state index contributed by atoms with van der Waals surface area (Å²) in [6, 6.07) is 0. The summed E-state index contributed by atoms with van der Waals surface area (Å²) < 4.78 is 0.